The molecular formula is C19H18N4O5S3. The van der Waals surface area contributed by atoms with Gasteiger partial charge in [0.25, 0.3) is 5.91 Å². The number of amides is 2. The molecule has 2 aliphatic heterocycles. The molecular weight excluding hydrogens is 460 g/mol. The van der Waals surface area contributed by atoms with Crippen molar-refractivity contribution in [3.8, 4) is 0 Å². The summed E-state index contributed by atoms with van der Waals surface area (Å²) in [5.41, 5.74) is 0.140. The standard InChI is InChI=1S/C19H18N4O5S3/c1-22-5-4-13(21-19(22)28)30-8-10-9-31-17-14(16(25)23(17)15(10)18(26)27)20-12(24)7-11-3-2-6-29-11/h2-6,14,17H,7-9H2,1H3,(H,20,24)(H,26,27)/t14-,17-/m1/s1. The summed E-state index contributed by atoms with van der Waals surface area (Å²) in [5, 5.41) is 14.4. The lowest BCUT2D eigenvalue weighted by Gasteiger charge is -2.49. The lowest BCUT2D eigenvalue weighted by molar-refractivity contribution is -0.150. The summed E-state index contributed by atoms with van der Waals surface area (Å²) in [5.74, 6) is -1.18. The van der Waals surface area contributed by atoms with Crippen LogP contribution < -0.4 is 11.0 Å². The Bertz CT molecular complexity index is 1130. The van der Waals surface area contributed by atoms with E-state index < -0.39 is 29.0 Å². The van der Waals surface area contributed by atoms with E-state index in [2.05, 4.69) is 10.3 Å². The molecule has 1 fully saturated rings. The Morgan fingerprint density at radius 1 is 1.35 bits per heavy atom. The number of β-lactam (4-membered cyclic amide) rings is 1. The van der Waals surface area contributed by atoms with Crippen LogP contribution in [0.15, 0.2) is 50.9 Å². The fourth-order valence-corrected chi connectivity index (χ4v) is 6.32. The first-order chi connectivity index (χ1) is 14.8. The number of nitrogens with zero attached hydrogens (tertiary/aromatic N) is 3. The zero-order valence-electron chi connectivity index (χ0n) is 16.3. The minimum absolute atomic E-state index is 0.0474. The van der Waals surface area contributed by atoms with Crippen molar-refractivity contribution < 1.29 is 19.5 Å². The Kier molecular flexibility index (Phi) is 6.21. The van der Waals surface area contributed by atoms with Gasteiger partial charge < -0.3 is 15.0 Å². The lowest BCUT2D eigenvalue weighted by Crippen LogP contribution is -2.70. The predicted molar refractivity (Wildman–Crippen MR) is 118 cm³/mol. The predicted octanol–water partition coefficient (Wildman–Crippen LogP) is 0.915. The molecule has 2 amide bonds. The first-order valence-corrected chi connectivity index (χ1v) is 12.1. The third-order valence-electron chi connectivity index (χ3n) is 4.82. The molecule has 0 aliphatic carbocycles. The van der Waals surface area contributed by atoms with E-state index in [-0.39, 0.29) is 18.0 Å². The topological polar surface area (TPSA) is 122 Å². The number of aliphatic carboxylic acids is 1. The molecule has 4 rings (SSSR count). The molecule has 12 heteroatoms. The number of carboxylic acid groups (broad SMARTS) is 1. The molecule has 31 heavy (non-hydrogen) atoms. The zero-order chi connectivity index (χ0) is 22.1. The van der Waals surface area contributed by atoms with Gasteiger partial charge in [0.15, 0.2) is 0 Å². The Morgan fingerprint density at radius 3 is 2.84 bits per heavy atom. The molecule has 9 nitrogen and oxygen atoms in total. The van der Waals surface area contributed by atoms with E-state index in [1.165, 1.54) is 44.3 Å². The quantitative estimate of drug-likeness (QED) is 0.342. The van der Waals surface area contributed by atoms with Gasteiger partial charge in [0, 0.05) is 29.6 Å². The zero-order valence-corrected chi connectivity index (χ0v) is 18.8. The van der Waals surface area contributed by atoms with E-state index in [0.29, 0.717) is 22.1 Å². The van der Waals surface area contributed by atoms with Gasteiger partial charge in [0.2, 0.25) is 5.91 Å². The van der Waals surface area contributed by atoms with Crippen LogP contribution in [0.3, 0.4) is 0 Å². The van der Waals surface area contributed by atoms with Crippen LogP contribution in [-0.4, -0.2) is 60.3 Å². The van der Waals surface area contributed by atoms with E-state index in [4.69, 9.17) is 0 Å². The molecule has 0 bridgehead atoms. The van der Waals surface area contributed by atoms with Crippen molar-refractivity contribution >= 4 is 52.6 Å². The number of fused-ring (bicyclic) bond motifs is 1. The number of aromatic nitrogens is 2. The third-order valence-corrected chi connectivity index (χ3v) is 8.06. The van der Waals surface area contributed by atoms with Gasteiger partial charge in [-0.2, -0.15) is 4.98 Å². The SMILES string of the molecule is Cn1ccc(SCC2=C(C(=O)O)N3C(=O)[C@@H](NC(=O)Cc4cccs4)[C@H]3SC2)nc1=O. The molecule has 0 radical (unpaired) electrons. The molecule has 0 aromatic carbocycles. The van der Waals surface area contributed by atoms with Crippen LogP contribution in [0.4, 0.5) is 0 Å². The lowest BCUT2D eigenvalue weighted by atomic mass is 10.0. The highest BCUT2D eigenvalue weighted by molar-refractivity contribution is 8.01. The first-order valence-electron chi connectivity index (χ1n) is 9.23. The minimum Gasteiger partial charge on any atom is -0.477 e. The number of thioether (sulfide) groups is 2. The summed E-state index contributed by atoms with van der Waals surface area (Å²) in [6.45, 7) is 0. The molecule has 2 N–H and O–H groups in total. The number of hydrogen-bond acceptors (Lipinski definition) is 8. The van der Waals surface area contributed by atoms with Gasteiger partial charge in [0.05, 0.1) is 6.42 Å². The summed E-state index contributed by atoms with van der Waals surface area (Å²) in [4.78, 5) is 54.6. The van der Waals surface area contributed by atoms with Crippen LogP contribution >= 0.6 is 34.9 Å². The second-order valence-corrected chi connectivity index (χ2v) is 10.0. The van der Waals surface area contributed by atoms with Gasteiger partial charge >= 0.3 is 11.7 Å². The van der Waals surface area contributed by atoms with Gasteiger partial charge in [-0.3, -0.25) is 14.5 Å². The highest BCUT2D eigenvalue weighted by Crippen LogP contribution is 2.41. The second kappa shape index (κ2) is 8.89. The fraction of sp³-hybridized carbons (Fsp3) is 0.316. The van der Waals surface area contributed by atoms with Gasteiger partial charge in [-0.15, -0.1) is 34.9 Å². The molecule has 0 unspecified atom stereocenters. The molecule has 4 heterocycles. The van der Waals surface area contributed by atoms with E-state index in [9.17, 15) is 24.3 Å². The van der Waals surface area contributed by atoms with Gasteiger partial charge in [-0.1, -0.05) is 6.07 Å². The number of carboxylic acids is 1. The Labute approximate surface area is 189 Å². The molecule has 2 aliphatic rings. The van der Waals surface area contributed by atoms with Crippen molar-refractivity contribution in [2.75, 3.05) is 11.5 Å². The number of aryl methyl sites for hydroxylation is 1. The van der Waals surface area contributed by atoms with Crippen molar-refractivity contribution in [1.29, 1.82) is 0 Å². The third kappa shape index (κ3) is 4.41. The summed E-state index contributed by atoms with van der Waals surface area (Å²) in [7, 11) is 1.60. The maximum atomic E-state index is 12.7. The second-order valence-electron chi connectivity index (χ2n) is 6.92. The van der Waals surface area contributed by atoms with Gasteiger partial charge in [-0.05, 0) is 23.1 Å². The molecule has 2 atom stereocenters. The van der Waals surface area contributed by atoms with Crippen LogP contribution in [0, 0.1) is 0 Å². The maximum absolute atomic E-state index is 12.7. The van der Waals surface area contributed by atoms with E-state index in [1.807, 2.05) is 17.5 Å². The summed E-state index contributed by atoms with van der Waals surface area (Å²) >= 11 is 4.13. The number of nitrogens with one attached hydrogen (secondary N) is 1. The van der Waals surface area contributed by atoms with Gasteiger partial charge in [-0.25, -0.2) is 9.59 Å². The summed E-state index contributed by atoms with van der Waals surface area (Å²) in [6, 6.07) is 4.65. The number of rotatable bonds is 7. The van der Waals surface area contributed by atoms with Gasteiger partial charge in [0.1, 0.15) is 22.1 Å². The van der Waals surface area contributed by atoms with E-state index in [0.717, 1.165) is 4.88 Å². The van der Waals surface area contributed by atoms with Crippen LogP contribution in [-0.2, 0) is 27.9 Å². The van der Waals surface area contributed by atoms with Crippen molar-refractivity contribution in [2.24, 2.45) is 7.05 Å². The van der Waals surface area contributed by atoms with Crippen molar-refractivity contribution in [2.45, 2.75) is 22.9 Å². The summed E-state index contributed by atoms with van der Waals surface area (Å²) in [6.07, 6.45) is 1.78. The molecule has 162 valence electrons. The molecule has 0 spiro atoms. The van der Waals surface area contributed by atoms with Crippen molar-refractivity contribution in [1.82, 2.24) is 19.8 Å². The summed E-state index contributed by atoms with van der Waals surface area (Å²) < 4.78 is 1.35. The monoisotopic (exact) mass is 478 g/mol. The average molecular weight is 479 g/mol. The van der Waals surface area contributed by atoms with Crippen LogP contribution in [0.1, 0.15) is 4.88 Å². The minimum atomic E-state index is -1.19. The number of thiophene rings is 1. The Morgan fingerprint density at radius 2 is 2.16 bits per heavy atom. The maximum Gasteiger partial charge on any atom is 0.352 e. The molecule has 1 saturated heterocycles. The Hall–Kier alpha value is -2.57. The highest BCUT2D eigenvalue weighted by atomic mass is 32.2. The highest BCUT2D eigenvalue weighted by Gasteiger charge is 2.54. The Balaban J connectivity index is 1.45. The van der Waals surface area contributed by atoms with Crippen LogP contribution in [0.5, 0.6) is 0 Å². The van der Waals surface area contributed by atoms with E-state index >= 15 is 0 Å². The molecule has 0 saturated carbocycles. The van der Waals surface area contributed by atoms with Crippen LogP contribution in [0.25, 0.3) is 0 Å². The smallest absolute Gasteiger partial charge is 0.352 e. The number of carbonyl (C=O) groups excluding carboxylic acids is 2. The normalized spacial score (nSPS) is 20.3. The molecule has 2 aromatic heterocycles. The van der Waals surface area contributed by atoms with Crippen molar-refractivity contribution in [3.63, 3.8) is 0 Å². The fourth-order valence-electron chi connectivity index (χ4n) is 3.28. The molecule has 2 aromatic rings. The first kappa shape index (κ1) is 21.7. The number of hydrogen-bond donors (Lipinski definition) is 2. The number of carbonyl (C=O) groups is 3. The van der Waals surface area contributed by atoms with Crippen LogP contribution in [0.2, 0.25) is 0 Å². The van der Waals surface area contributed by atoms with Crippen molar-refractivity contribution in [3.05, 3.63) is 56.4 Å². The largest absolute Gasteiger partial charge is 0.477 e. The average Bonchev–Trinajstić information content (AvgIpc) is 3.24. The van der Waals surface area contributed by atoms with E-state index in [1.54, 1.807) is 19.3 Å².